The van der Waals surface area contributed by atoms with E-state index in [0.717, 1.165) is 23.6 Å². The molecule has 0 atom stereocenters. The number of rotatable bonds is 5. The second kappa shape index (κ2) is 8.02. The highest BCUT2D eigenvalue weighted by Crippen LogP contribution is 2.45. The lowest BCUT2D eigenvalue weighted by atomic mass is 10.1. The lowest BCUT2D eigenvalue weighted by Crippen LogP contribution is -2.26. The van der Waals surface area contributed by atoms with E-state index < -0.39 is 11.7 Å². The third-order valence-corrected chi connectivity index (χ3v) is 7.15. The molecule has 1 fully saturated rings. The number of hydrazone groups is 1. The minimum atomic E-state index is -4.41. The molecule has 3 rings (SSSR count). The Morgan fingerprint density at radius 2 is 2.04 bits per heavy atom. The fourth-order valence-electron chi connectivity index (χ4n) is 2.58. The van der Waals surface area contributed by atoms with Gasteiger partial charge in [-0.2, -0.15) is 18.3 Å². The predicted octanol–water partition coefficient (Wildman–Crippen LogP) is 5.00. The van der Waals surface area contributed by atoms with Crippen LogP contribution < -0.4 is 5.43 Å². The molecule has 0 saturated carbocycles. The molecule has 0 bridgehead atoms. The van der Waals surface area contributed by atoms with Crippen molar-refractivity contribution in [3.05, 3.63) is 47.7 Å². The molecule has 1 aliphatic heterocycles. The number of furan rings is 1. The summed E-state index contributed by atoms with van der Waals surface area (Å²) in [4.78, 5) is 12.0. The molecular weight excluding hydrogens is 397 g/mol. The van der Waals surface area contributed by atoms with Crippen molar-refractivity contribution in [2.24, 2.45) is 5.10 Å². The zero-order chi connectivity index (χ0) is 19.5. The van der Waals surface area contributed by atoms with Crippen LogP contribution in [0.2, 0.25) is 0 Å². The molecule has 0 unspecified atom stereocenters. The van der Waals surface area contributed by atoms with Crippen LogP contribution in [-0.2, 0) is 11.0 Å². The first kappa shape index (κ1) is 19.9. The molecule has 0 aliphatic carbocycles. The summed E-state index contributed by atoms with van der Waals surface area (Å²) < 4.78 is 43.8. The van der Waals surface area contributed by atoms with Crippen LogP contribution in [0, 0.1) is 0 Å². The maximum Gasteiger partial charge on any atom is 0.416 e. The Kier molecular flexibility index (Phi) is 5.90. The summed E-state index contributed by atoms with van der Waals surface area (Å²) in [6.07, 6.45) is -2.73. The van der Waals surface area contributed by atoms with Gasteiger partial charge >= 0.3 is 6.18 Å². The molecule has 0 spiro atoms. The lowest BCUT2D eigenvalue weighted by molar-refractivity contribution is -0.137. The van der Waals surface area contributed by atoms with Crippen molar-refractivity contribution in [2.45, 2.75) is 23.6 Å². The van der Waals surface area contributed by atoms with Gasteiger partial charge < -0.3 is 4.42 Å². The average molecular weight is 414 g/mol. The Morgan fingerprint density at radius 1 is 1.30 bits per heavy atom. The highest BCUT2D eigenvalue weighted by molar-refractivity contribution is 8.21. The Labute approximate surface area is 163 Å². The number of amides is 1. The van der Waals surface area contributed by atoms with Gasteiger partial charge in [0.2, 0.25) is 5.91 Å². The van der Waals surface area contributed by atoms with Crippen LogP contribution in [0.5, 0.6) is 0 Å². The summed E-state index contributed by atoms with van der Waals surface area (Å²) in [5.41, 5.74) is 2.03. The van der Waals surface area contributed by atoms with E-state index in [1.165, 1.54) is 18.3 Å². The average Bonchev–Trinajstić information content (AvgIpc) is 3.23. The first-order valence-corrected chi connectivity index (χ1v) is 10.1. The Balaban J connectivity index is 1.61. The van der Waals surface area contributed by atoms with Crippen LogP contribution in [0.3, 0.4) is 0 Å². The smallest absolute Gasteiger partial charge is 0.416 e. The maximum atomic E-state index is 12.8. The van der Waals surface area contributed by atoms with Gasteiger partial charge in [0.1, 0.15) is 11.5 Å². The summed E-state index contributed by atoms with van der Waals surface area (Å²) in [5.74, 6) is 2.49. The second-order valence-electron chi connectivity index (χ2n) is 6.08. The molecular formula is C18H17F3N2O2S2. The SMILES string of the molecule is CC1(CC(=O)N/N=C\c2ccc(-c3cccc(C(F)(F)F)c3)o2)SCCS1. The van der Waals surface area contributed by atoms with Crippen LogP contribution in [0.25, 0.3) is 11.3 Å². The number of hydrogen-bond donors (Lipinski definition) is 1. The van der Waals surface area contributed by atoms with Crippen LogP contribution in [0.4, 0.5) is 13.2 Å². The quantitative estimate of drug-likeness (QED) is 0.553. The van der Waals surface area contributed by atoms with Gasteiger partial charge in [-0.05, 0) is 31.2 Å². The highest BCUT2D eigenvalue weighted by Gasteiger charge is 2.32. The van der Waals surface area contributed by atoms with Gasteiger partial charge in [0, 0.05) is 17.1 Å². The molecule has 4 nitrogen and oxygen atoms in total. The molecule has 1 aromatic heterocycles. The van der Waals surface area contributed by atoms with Crippen molar-refractivity contribution in [3.8, 4) is 11.3 Å². The standard InChI is InChI=1S/C18H17F3N2O2S2/c1-17(26-7-8-27-17)10-16(24)23-22-11-14-5-6-15(25-14)12-3-2-4-13(9-12)18(19,20)21/h2-6,9,11H,7-8,10H2,1H3,(H,23,24)/b22-11-. The monoisotopic (exact) mass is 414 g/mol. The maximum absolute atomic E-state index is 12.8. The Hall–Kier alpha value is -1.87. The van der Waals surface area contributed by atoms with Gasteiger partial charge in [-0.1, -0.05) is 12.1 Å². The van der Waals surface area contributed by atoms with Crippen molar-refractivity contribution in [2.75, 3.05) is 11.5 Å². The molecule has 2 heterocycles. The number of carbonyl (C=O) groups is 1. The van der Waals surface area contributed by atoms with Gasteiger partial charge in [0.15, 0.2) is 0 Å². The van der Waals surface area contributed by atoms with Gasteiger partial charge in [0.25, 0.3) is 0 Å². The largest absolute Gasteiger partial charge is 0.455 e. The van der Waals surface area contributed by atoms with Gasteiger partial charge in [-0.25, -0.2) is 5.43 Å². The molecule has 144 valence electrons. The van der Waals surface area contributed by atoms with Crippen molar-refractivity contribution in [1.29, 1.82) is 0 Å². The van der Waals surface area contributed by atoms with Crippen LogP contribution in [0.1, 0.15) is 24.7 Å². The molecule has 1 N–H and O–H groups in total. The summed E-state index contributed by atoms with van der Waals surface area (Å²) >= 11 is 3.52. The first-order valence-electron chi connectivity index (χ1n) is 8.12. The van der Waals surface area contributed by atoms with E-state index in [9.17, 15) is 18.0 Å². The van der Waals surface area contributed by atoms with Crippen molar-refractivity contribution < 1.29 is 22.4 Å². The minimum Gasteiger partial charge on any atom is -0.455 e. The summed E-state index contributed by atoms with van der Waals surface area (Å²) in [5, 5.41) is 3.86. The van der Waals surface area contributed by atoms with Gasteiger partial charge in [-0.15, -0.1) is 23.5 Å². The van der Waals surface area contributed by atoms with Crippen molar-refractivity contribution in [1.82, 2.24) is 5.43 Å². The lowest BCUT2D eigenvalue weighted by Gasteiger charge is -2.19. The molecule has 2 aromatic rings. The van der Waals surface area contributed by atoms with Crippen molar-refractivity contribution >= 4 is 35.6 Å². The van der Waals surface area contributed by atoms with E-state index in [1.54, 1.807) is 35.7 Å². The molecule has 1 saturated heterocycles. The number of alkyl halides is 3. The molecule has 1 aromatic carbocycles. The van der Waals surface area contributed by atoms with Crippen LogP contribution >= 0.6 is 23.5 Å². The van der Waals surface area contributed by atoms with Gasteiger partial charge in [-0.3, -0.25) is 4.79 Å². The van der Waals surface area contributed by atoms with E-state index in [-0.39, 0.29) is 9.99 Å². The van der Waals surface area contributed by atoms with E-state index in [1.807, 2.05) is 6.92 Å². The molecule has 9 heteroatoms. The van der Waals surface area contributed by atoms with Gasteiger partial charge in [0.05, 0.1) is 22.3 Å². The Bertz CT molecular complexity index is 843. The molecule has 1 aliphatic rings. The third kappa shape index (κ3) is 5.32. The number of nitrogens with zero attached hydrogens (tertiary/aromatic N) is 1. The molecule has 27 heavy (non-hydrogen) atoms. The number of carbonyl (C=O) groups excluding carboxylic acids is 1. The first-order chi connectivity index (χ1) is 12.8. The second-order valence-corrected chi connectivity index (χ2v) is 9.54. The van der Waals surface area contributed by atoms with Crippen LogP contribution in [0.15, 0.2) is 45.9 Å². The molecule has 0 radical (unpaired) electrons. The number of thioether (sulfide) groups is 2. The van der Waals surface area contributed by atoms with E-state index in [0.29, 0.717) is 23.5 Å². The van der Waals surface area contributed by atoms with Crippen LogP contribution in [-0.4, -0.2) is 27.7 Å². The fraction of sp³-hybridized carbons (Fsp3) is 0.333. The topological polar surface area (TPSA) is 54.6 Å². The zero-order valence-electron chi connectivity index (χ0n) is 14.4. The Morgan fingerprint density at radius 3 is 2.74 bits per heavy atom. The fourth-order valence-corrected chi connectivity index (χ4v) is 5.41. The number of halogens is 3. The highest BCUT2D eigenvalue weighted by atomic mass is 32.2. The number of benzene rings is 1. The summed E-state index contributed by atoms with van der Waals surface area (Å²) in [6, 6.07) is 8.04. The predicted molar refractivity (Wildman–Crippen MR) is 103 cm³/mol. The number of nitrogens with one attached hydrogen (secondary N) is 1. The van der Waals surface area contributed by atoms with Crippen molar-refractivity contribution in [3.63, 3.8) is 0 Å². The van der Waals surface area contributed by atoms with E-state index in [4.69, 9.17) is 4.42 Å². The zero-order valence-corrected chi connectivity index (χ0v) is 16.0. The number of hydrogen-bond acceptors (Lipinski definition) is 5. The third-order valence-electron chi connectivity index (χ3n) is 3.86. The van der Waals surface area contributed by atoms with E-state index in [2.05, 4.69) is 10.5 Å². The van der Waals surface area contributed by atoms with E-state index >= 15 is 0 Å². The summed E-state index contributed by atoms with van der Waals surface area (Å²) in [7, 11) is 0. The molecule has 1 amide bonds. The minimum absolute atomic E-state index is 0.124. The normalized spacial score (nSPS) is 16.7. The summed E-state index contributed by atoms with van der Waals surface area (Å²) in [6.45, 7) is 2.03.